The Bertz CT molecular complexity index is 637. The number of aromatic nitrogens is 2. The molecule has 98 valence electrons. The molecule has 0 spiro atoms. The third kappa shape index (κ3) is 2.53. The molecule has 1 aliphatic carbocycles. The summed E-state index contributed by atoms with van der Waals surface area (Å²) in [4.78, 5) is 15.8. The molecular weight excluding hydrogens is 313 g/mol. The summed E-state index contributed by atoms with van der Waals surface area (Å²) in [5, 5.41) is 2.57. The zero-order chi connectivity index (χ0) is 13.4. The average Bonchev–Trinajstić information content (AvgIpc) is 3.15. The van der Waals surface area contributed by atoms with Crippen LogP contribution in [0.15, 0.2) is 35.2 Å². The molecule has 6 heteroatoms. The number of carbonyl (C=O) groups is 1. The Morgan fingerprint density at radius 2 is 2.32 bits per heavy atom. The predicted molar refractivity (Wildman–Crippen MR) is 72.6 cm³/mol. The minimum atomic E-state index is -0.542. The lowest BCUT2D eigenvalue weighted by Crippen LogP contribution is -2.17. The summed E-state index contributed by atoms with van der Waals surface area (Å²) in [7, 11) is 0. The Balaban J connectivity index is 1.86. The van der Waals surface area contributed by atoms with Gasteiger partial charge in [-0.05, 0) is 40.9 Å². The first-order chi connectivity index (χ1) is 9.15. The van der Waals surface area contributed by atoms with Crippen molar-refractivity contribution >= 4 is 27.5 Å². The van der Waals surface area contributed by atoms with Gasteiger partial charge in [-0.2, -0.15) is 0 Å². The van der Waals surface area contributed by atoms with E-state index in [-0.39, 0.29) is 11.6 Å². The first kappa shape index (κ1) is 12.3. The summed E-state index contributed by atoms with van der Waals surface area (Å²) in [5.74, 6) is -0.859. The lowest BCUT2D eigenvalue weighted by atomic mass is 10.3. The van der Waals surface area contributed by atoms with E-state index < -0.39 is 5.82 Å². The number of carbonyl (C=O) groups excluding carboxylic acids is 1. The number of amides is 1. The van der Waals surface area contributed by atoms with E-state index in [1.165, 1.54) is 12.3 Å². The molecule has 1 amide bonds. The van der Waals surface area contributed by atoms with Crippen LogP contribution in [0.2, 0.25) is 0 Å². The van der Waals surface area contributed by atoms with Gasteiger partial charge in [0.15, 0.2) is 5.82 Å². The van der Waals surface area contributed by atoms with E-state index in [4.69, 9.17) is 0 Å². The van der Waals surface area contributed by atoms with Crippen LogP contribution < -0.4 is 5.32 Å². The smallest absolute Gasteiger partial charge is 0.272 e. The van der Waals surface area contributed by atoms with Gasteiger partial charge < -0.3 is 9.88 Å². The van der Waals surface area contributed by atoms with Crippen molar-refractivity contribution in [3.63, 3.8) is 0 Å². The number of nitrogens with one attached hydrogen (secondary N) is 1. The molecule has 0 radical (unpaired) electrons. The Kier molecular flexibility index (Phi) is 3.10. The molecule has 19 heavy (non-hydrogen) atoms. The summed E-state index contributed by atoms with van der Waals surface area (Å²) in [6.45, 7) is 0. The SMILES string of the molecule is O=C(Nc1ccncc1F)c1cc(Br)cn1C1CC1. The van der Waals surface area contributed by atoms with E-state index in [1.54, 1.807) is 6.07 Å². The van der Waals surface area contributed by atoms with Crippen LogP contribution in [0, 0.1) is 5.82 Å². The molecule has 2 aromatic heterocycles. The zero-order valence-electron chi connectivity index (χ0n) is 9.94. The molecule has 2 aromatic rings. The fourth-order valence-corrected chi connectivity index (χ4v) is 2.38. The van der Waals surface area contributed by atoms with Gasteiger partial charge in [-0.1, -0.05) is 0 Å². The molecule has 1 fully saturated rings. The first-order valence-corrected chi connectivity index (χ1v) is 6.72. The van der Waals surface area contributed by atoms with Crippen LogP contribution in [0.25, 0.3) is 0 Å². The van der Waals surface area contributed by atoms with Crippen LogP contribution in [0.3, 0.4) is 0 Å². The van der Waals surface area contributed by atoms with Gasteiger partial charge in [0.2, 0.25) is 0 Å². The normalized spacial score (nSPS) is 14.4. The first-order valence-electron chi connectivity index (χ1n) is 5.93. The number of anilines is 1. The van der Waals surface area contributed by atoms with Crippen molar-refractivity contribution in [3.8, 4) is 0 Å². The molecule has 1 N–H and O–H groups in total. The van der Waals surface area contributed by atoms with E-state index in [2.05, 4.69) is 26.2 Å². The average molecular weight is 324 g/mol. The predicted octanol–water partition coefficient (Wildman–Crippen LogP) is 3.37. The minimum absolute atomic E-state index is 0.139. The Labute approximate surface area is 117 Å². The molecule has 1 aliphatic rings. The molecule has 0 saturated heterocycles. The maximum Gasteiger partial charge on any atom is 0.272 e. The topological polar surface area (TPSA) is 46.9 Å². The number of halogens is 2. The van der Waals surface area contributed by atoms with E-state index in [0.717, 1.165) is 23.5 Å². The quantitative estimate of drug-likeness (QED) is 0.941. The number of nitrogens with zero attached hydrogens (tertiary/aromatic N) is 2. The zero-order valence-corrected chi connectivity index (χ0v) is 11.5. The minimum Gasteiger partial charge on any atom is -0.339 e. The summed E-state index contributed by atoms with van der Waals surface area (Å²) < 4.78 is 16.2. The second-order valence-electron chi connectivity index (χ2n) is 4.49. The molecule has 0 aliphatic heterocycles. The van der Waals surface area contributed by atoms with Crippen molar-refractivity contribution in [3.05, 3.63) is 46.7 Å². The summed E-state index contributed by atoms with van der Waals surface area (Å²) >= 11 is 3.36. The number of hydrogen-bond acceptors (Lipinski definition) is 2. The highest BCUT2D eigenvalue weighted by molar-refractivity contribution is 9.10. The second-order valence-corrected chi connectivity index (χ2v) is 5.41. The summed E-state index contributed by atoms with van der Waals surface area (Å²) in [5.41, 5.74) is 0.672. The van der Waals surface area contributed by atoms with Crippen LogP contribution in [-0.2, 0) is 0 Å². The molecule has 4 nitrogen and oxygen atoms in total. The fraction of sp³-hybridized carbons (Fsp3) is 0.231. The Morgan fingerprint density at radius 3 is 3.00 bits per heavy atom. The highest BCUT2D eigenvalue weighted by Crippen LogP contribution is 2.37. The van der Waals surface area contributed by atoms with Gasteiger partial charge in [-0.25, -0.2) is 4.39 Å². The van der Waals surface area contributed by atoms with Crippen LogP contribution in [0.1, 0.15) is 29.4 Å². The largest absolute Gasteiger partial charge is 0.339 e. The molecule has 0 unspecified atom stereocenters. The molecule has 3 rings (SSSR count). The van der Waals surface area contributed by atoms with Gasteiger partial charge in [-0.15, -0.1) is 0 Å². The second kappa shape index (κ2) is 4.77. The molecule has 0 bridgehead atoms. The van der Waals surface area contributed by atoms with Gasteiger partial charge in [0.25, 0.3) is 5.91 Å². The van der Waals surface area contributed by atoms with Crippen LogP contribution in [-0.4, -0.2) is 15.5 Å². The van der Waals surface area contributed by atoms with Gasteiger partial charge in [0, 0.05) is 22.9 Å². The van der Waals surface area contributed by atoms with Gasteiger partial charge in [0.1, 0.15) is 5.69 Å². The Morgan fingerprint density at radius 1 is 1.53 bits per heavy atom. The standard InChI is InChI=1S/C13H11BrFN3O/c14-8-5-12(18(7-8)9-1-2-9)13(19)17-11-3-4-16-6-10(11)15/h3-7,9H,1-2H2,(H,16,17,19). The summed E-state index contributed by atoms with van der Waals surface area (Å²) in [6.07, 6.45) is 6.55. The molecular formula is C13H11BrFN3O. The lowest BCUT2D eigenvalue weighted by molar-refractivity contribution is 0.101. The number of rotatable bonds is 3. The maximum atomic E-state index is 13.4. The molecule has 0 atom stereocenters. The molecule has 2 heterocycles. The van der Waals surface area contributed by atoms with Crippen molar-refractivity contribution in [1.82, 2.24) is 9.55 Å². The maximum absolute atomic E-state index is 13.4. The monoisotopic (exact) mass is 323 g/mol. The lowest BCUT2D eigenvalue weighted by Gasteiger charge is -2.08. The van der Waals surface area contributed by atoms with Crippen molar-refractivity contribution in [2.45, 2.75) is 18.9 Å². The Hall–Kier alpha value is -1.69. The van der Waals surface area contributed by atoms with E-state index in [9.17, 15) is 9.18 Å². The van der Waals surface area contributed by atoms with E-state index in [0.29, 0.717) is 11.7 Å². The van der Waals surface area contributed by atoms with Gasteiger partial charge in [-0.3, -0.25) is 9.78 Å². The van der Waals surface area contributed by atoms with Crippen LogP contribution in [0.5, 0.6) is 0 Å². The van der Waals surface area contributed by atoms with Crippen LogP contribution >= 0.6 is 15.9 Å². The third-order valence-electron chi connectivity index (χ3n) is 3.01. The van der Waals surface area contributed by atoms with Crippen LogP contribution in [0.4, 0.5) is 10.1 Å². The fourth-order valence-electron chi connectivity index (χ4n) is 1.95. The van der Waals surface area contributed by atoms with E-state index in [1.807, 2.05) is 10.8 Å². The highest BCUT2D eigenvalue weighted by Gasteiger charge is 2.27. The van der Waals surface area contributed by atoms with Gasteiger partial charge in [0.05, 0.1) is 11.9 Å². The van der Waals surface area contributed by atoms with Gasteiger partial charge >= 0.3 is 0 Å². The summed E-state index contributed by atoms with van der Waals surface area (Å²) in [6, 6.07) is 3.56. The van der Waals surface area contributed by atoms with Crippen molar-refractivity contribution in [2.24, 2.45) is 0 Å². The molecule has 0 aromatic carbocycles. The van der Waals surface area contributed by atoms with Crippen molar-refractivity contribution in [1.29, 1.82) is 0 Å². The van der Waals surface area contributed by atoms with E-state index >= 15 is 0 Å². The van der Waals surface area contributed by atoms with Crippen molar-refractivity contribution in [2.75, 3.05) is 5.32 Å². The number of pyridine rings is 1. The van der Waals surface area contributed by atoms with Crippen molar-refractivity contribution < 1.29 is 9.18 Å². The third-order valence-corrected chi connectivity index (χ3v) is 3.44. The number of hydrogen-bond donors (Lipinski definition) is 1. The highest BCUT2D eigenvalue weighted by atomic mass is 79.9. The molecule has 1 saturated carbocycles.